The van der Waals surface area contributed by atoms with Gasteiger partial charge < -0.3 is 30.3 Å². The van der Waals surface area contributed by atoms with Crippen molar-refractivity contribution in [1.29, 1.82) is 0 Å². The molecule has 3 aliphatic heterocycles. The van der Waals surface area contributed by atoms with E-state index in [2.05, 4.69) is 29.4 Å². The van der Waals surface area contributed by atoms with Gasteiger partial charge in [-0.15, -0.1) is 0 Å². The van der Waals surface area contributed by atoms with Gasteiger partial charge in [0, 0.05) is 31.0 Å². The number of likely N-dealkylation sites (tertiary alicyclic amines) is 1. The first kappa shape index (κ1) is 31.0. The number of rotatable bonds is 12. The van der Waals surface area contributed by atoms with Gasteiger partial charge in [-0.25, -0.2) is 0 Å². The second kappa shape index (κ2) is 12.3. The summed E-state index contributed by atoms with van der Waals surface area (Å²) in [7, 11) is 0. The van der Waals surface area contributed by atoms with Crippen LogP contribution < -0.4 is 15.5 Å². The van der Waals surface area contributed by atoms with Crippen molar-refractivity contribution < 1.29 is 24.2 Å². The molecule has 2 bridgehead atoms. The highest BCUT2D eigenvalue weighted by molar-refractivity contribution is 6.04. The van der Waals surface area contributed by atoms with E-state index < -0.39 is 35.1 Å². The first-order chi connectivity index (χ1) is 20.6. The summed E-state index contributed by atoms with van der Waals surface area (Å²) < 4.78 is 6.74. The highest BCUT2D eigenvalue weighted by atomic mass is 16.5. The fourth-order valence-electron chi connectivity index (χ4n) is 7.73. The number of ether oxygens (including phenoxy) is 1. The fourth-order valence-corrected chi connectivity index (χ4v) is 7.73. The van der Waals surface area contributed by atoms with Crippen LogP contribution in [0.1, 0.15) is 59.4 Å². The van der Waals surface area contributed by atoms with Crippen LogP contribution in [0.15, 0.2) is 54.6 Å². The average Bonchev–Trinajstić information content (AvgIpc) is 3.57. The van der Waals surface area contributed by atoms with Crippen LogP contribution in [0.2, 0.25) is 0 Å². The van der Waals surface area contributed by atoms with Gasteiger partial charge in [0.1, 0.15) is 11.6 Å². The molecular formula is C34H46N4O5. The van der Waals surface area contributed by atoms with E-state index in [9.17, 15) is 19.5 Å². The van der Waals surface area contributed by atoms with Crippen LogP contribution in [0, 0.1) is 17.8 Å². The molecule has 2 aromatic carbocycles. The van der Waals surface area contributed by atoms with Crippen molar-refractivity contribution in [3.63, 3.8) is 0 Å². The molecule has 3 amide bonds. The summed E-state index contributed by atoms with van der Waals surface area (Å²) in [5.41, 5.74) is 0.612. The van der Waals surface area contributed by atoms with E-state index in [1.54, 1.807) is 4.90 Å². The van der Waals surface area contributed by atoms with Crippen molar-refractivity contribution in [3.8, 4) is 0 Å². The predicted molar refractivity (Wildman–Crippen MR) is 166 cm³/mol. The van der Waals surface area contributed by atoms with Crippen molar-refractivity contribution in [2.24, 2.45) is 17.8 Å². The zero-order valence-electron chi connectivity index (χ0n) is 26.0. The number of anilines is 2. The predicted octanol–water partition coefficient (Wildman–Crippen LogP) is 3.96. The van der Waals surface area contributed by atoms with Crippen LogP contribution in [-0.4, -0.2) is 70.7 Å². The highest BCUT2D eigenvalue weighted by Gasteiger charge is 2.78. The summed E-state index contributed by atoms with van der Waals surface area (Å²) in [5, 5.41) is 16.6. The number of nitrogens with one attached hydrogen (secondary N) is 2. The van der Waals surface area contributed by atoms with Crippen molar-refractivity contribution in [3.05, 3.63) is 60.2 Å². The van der Waals surface area contributed by atoms with Crippen molar-refractivity contribution >= 4 is 29.1 Å². The molecule has 6 atom stereocenters. The lowest BCUT2D eigenvalue weighted by Crippen LogP contribution is -2.56. The smallest absolute Gasteiger partial charge is 0.250 e. The largest absolute Gasteiger partial charge is 0.394 e. The number of hydrogen-bond acceptors (Lipinski definition) is 6. The molecule has 3 saturated heterocycles. The molecule has 9 heteroatoms. The van der Waals surface area contributed by atoms with E-state index in [-0.39, 0.29) is 30.2 Å². The molecule has 0 radical (unpaired) electrons. The number of nitrogens with zero attached hydrogens (tertiary/aromatic N) is 2. The Labute approximate surface area is 255 Å². The maximum Gasteiger partial charge on any atom is 0.250 e. The maximum atomic E-state index is 14.4. The lowest BCUT2D eigenvalue weighted by molar-refractivity contribution is -0.148. The minimum absolute atomic E-state index is 0.180. The summed E-state index contributed by atoms with van der Waals surface area (Å²) in [6, 6.07) is 15.8. The van der Waals surface area contributed by atoms with E-state index in [0.29, 0.717) is 31.5 Å². The number of fused-ring (bicyclic) bond motifs is 1. The van der Waals surface area contributed by atoms with Crippen LogP contribution in [0.4, 0.5) is 11.4 Å². The fraction of sp³-hybridized carbons (Fsp3) is 0.559. The van der Waals surface area contributed by atoms with Crippen LogP contribution in [0.3, 0.4) is 0 Å². The van der Waals surface area contributed by atoms with Crippen LogP contribution in [0.25, 0.3) is 0 Å². The number of carbonyl (C=O) groups is 3. The Kier molecular flexibility index (Phi) is 8.86. The Morgan fingerprint density at radius 3 is 2.33 bits per heavy atom. The average molecular weight is 591 g/mol. The molecule has 1 spiro atoms. The second-order valence-corrected chi connectivity index (χ2v) is 12.9. The standard InChI is InChI=1S/C34H46N4O5/c1-6-37(7-2)25-15-13-24(14-16-25)36-31(41)29-34-18-17-33(5,43-34)27(30(40)35-20-23-11-9-8-10-12-23)28(34)32(42)38(29)26(21-39)19-22(3)4/h8-16,22,26-29,39H,6-7,17-21H2,1-5H3,(H,35,40)(H,36,41)/t26-,27-,28+,29?,33+,34?/m1/s1. The maximum absolute atomic E-state index is 14.4. The van der Waals surface area contributed by atoms with Gasteiger partial charge in [0.15, 0.2) is 0 Å². The molecule has 3 heterocycles. The van der Waals surface area contributed by atoms with E-state index >= 15 is 0 Å². The Morgan fingerprint density at radius 2 is 1.72 bits per heavy atom. The summed E-state index contributed by atoms with van der Waals surface area (Å²) in [6.07, 6.45) is 1.57. The van der Waals surface area contributed by atoms with Gasteiger partial charge in [-0.05, 0) is 75.8 Å². The van der Waals surface area contributed by atoms with Gasteiger partial charge in [0.05, 0.1) is 30.1 Å². The van der Waals surface area contributed by atoms with Gasteiger partial charge >= 0.3 is 0 Å². The quantitative estimate of drug-likeness (QED) is 0.345. The third kappa shape index (κ3) is 5.53. The molecular weight excluding hydrogens is 544 g/mol. The Hall–Kier alpha value is -3.43. The van der Waals surface area contributed by atoms with Crippen molar-refractivity contribution in [1.82, 2.24) is 10.2 Å². The normalized spacial score (nSPS) is 28.2. The Balaban J connectivity index is 1.47. The van der Waals surface area contributed by atoms with E-state index in [0.717, 1.165) is 24.3 Å². The molecule has 3 fully saturated rings. The number of amides is 3. The molecule has 0 aliphatic carbocycles. The highest BCUT2D eigenvalue weighted by Crippen LogP contribution is 2.63. The lowest BCUT2D eigenvalue weighted by atomic mass is 9.66. The minimum atomic E-state index is -1.16. The third-order valence-corrected chi connectivity index (χ3v) is 9.67. The molecule has 0 aromatic heterocycles. The molecule has 5 rings (SSSR count). The molecule has 43 heavy (non-hydrogen) atoms. The van der Waals surface area contributed by atoms with E-state index in [1.807, 2.05) is 75.4 Å². The minimum Gasteiger partial charge on any atom is -0.394 e. The van der Waals surface area contributed by atoms with E-state index in [1.165, 1.54) is 0 Å². The Bertz CT molecular complexity index is 1310. The van der Waals surface area contributed by atoms with Gasteiger partial charge in [-0.2, -0.15) is 0 Å². The first-order valence-electron chi connectivity index (χ1n) is 15.7. The second-order valence-electron chi connectivity index (χ2n) is 12.9. The summed E-state index contributed by atoms with van der Waals surface area (Å²) >= 11 is 0. The van der Waals surface area contributed by atoms with Crippen LogP contribution in [-0.2, 0) is 25.7 Å². The molecule has 2 aromatic rings. The number of aliphatic hydroxyl groups is 1. The summed E-state index contributed by atoms with van der Waals surface area (Å²) in [6.45, 7) is 11.9. The third-order valence-electron chi connectivity index (χ3n) is 9.67. The molecule has 9 nitrogen and oxygen atoms in total. The number of carbonyl (C=O) groups excluding carboxylic acids is 3. The molecule has 3 aliphatic rings. The van der Waals surface area contributed by atoms with Crippen LogP contribution in [0.5, 0.6) is 0 Å². The van der Waals surface area contributed by atoms with E-state index in [4.69, 9.17) is 4.74 Å². The summed E-state index contributed by atoms with van der Waals surface area (Å²) in [4.78, 5) is 46.2. The van der Waals surface area contributed by atoms with Crippen LogP contribution >= 0.6 is 0 Å². The molecule has 3 N–H and O–H groups in total. The van der Waals surface area contributed by atoms with Gasteiger partial charge in [0.25, 0.3) is 0 Å². The van der Waals surface area contributed by atoms with Gasteiger partial charge in [-0.3, -0.25) is 14.4 Å². The number of benzene rings is 2. The van der Waals surface area contributed by atoms with Gasteiger partial charge in [-0.1, -0.05) is 44.2 Å². The van der Waals surface area contributed by atoms with Gasteiger partial charge in [0.2, 0.25) is 17.7 Å². The zero-order valence-corrected chi connectivity index (χ0v) is 26.0. The SMILES string of the molecule is CCN(CC)c1ccc(NC(=O)C2N([C@@H](CO)CC(C)C)C(=O)[C@@H]3[C@H](C(=O)NCc4ccccc4)[C@]4(C)CCC23O4)cc1. The molecule has 2 unspecified atom stereocenters. The Morgan fingerprint density at radius 1 is 1.05 bits per heavy atom. The molecule has 232 valence electrons. The van der Waals surface area contributed by atoms with Crippen molar-refractivity contribution in [2.75, 3.05) is 29.9 Å². The molecule has 0 saturated carbocycles. The number of aliphatic hydroxyl groups excluding tert-OH is 1. The summed E-state index contributed by atoms with van der Waals surface area (Å²) in [5.74, 6) is -2.28. The topological polar surface area (TPSA) is 111 Å². The first-order valence-corrected chi connectivity index (χ1v) is 15.7. The lowest BCUT2D eigenvalue weighted by Gasteiger charge is -2.37. The number of hydrogen-bond donors (Lipinski definition) is 3. The zero-order chi connectivity index (χ0) is 30.9. The van der Waals surface area contributed by atoms with Crippen molar-refractivity contribution in [2.45, 2.75) is 83.7 Å². The monoisotopic (exact) mass is 590 g/mol.